The summed E-state index contributed by atoms with van der Waals surface area (Å²) in [5, 5.41) is 9.75. The lowest BCUT2D eigenvalue weighted by Gasteiger charge is -2.42. The van der Waals surface area contributed by atoms with Gasteiger partial charge in [0.05, 0.1) is 24.0 Å². The fourth-order valence-corrected chi connectivity index (χ4v) is 3.95. The van der Waals surface area contributed by atoms with Crippen molar-refractivity contribution in [1.82, 2.24) is 4.90 Å². The number of aliphatic hydroxyl groups is 1. The second kappa shape index (κ2) is 4.56. The molecule has 5 heteroatoms. The van der Waals surface area contributed by atoms with Crippen LogP contribution in [0.1, 0.15) is 32.6 Å². The van der Waals surface area contributed by atoms with E-state index in [0.717, 1.165) is 12.8 Å². The summed E-state index contributed by atoms with van der Waals surface area (Å²) in [5.74, 6) is 0.0398. The topological polar surface area (TPSA) is 66.8 Å². The van der Waals surface area contributed by atoms with Crippen molar-refractivity contribution in [3.63, 3.8) is 0 Å². The van der Waals surface area contributed by atoms with E-state index in [-0.39, 0.29) is 30.3 Å². The van der Waals surface area contributed by atoms with Gasteiger partial charge in [0.25, 0.3) is 0 Å². The number of fused-ring (bicyclic) bond motifs is 1. The van der Waals surface area contributed by atoms with Gasteiger partial charge in [-0.2, -0.15) is 0 Å². The molecule has 0 aromatic heterocycles. The Bertz CT molecular complexity index is 378. The number of ether oxygens (including phenoxy) is 1. The highest BCUT2D eigenvalue weighted by Gasteiger charge is 2.57. The Morgan fingerprint density at radius 3 is 2.21 bits per heavy atom. The van der Waals surface area contributed by atoms with Gasteiger partial charge in [-0.1, -0.05) is 6.92 Å². The first-order valence-corrected chi connectivity index (χ1v) is 7.15. The van der Waals surface area contributed by atoms with Crippen molar-refractivity contribution in [1.29, 1.82) is 0 Å². The molecule has 1 N–H and O–H groups in total. The van der Waals surface area contributed by atoms with Crippen LogP contribution in [0, 0.1) is 17.8 Å². The third-order valence-corrected chi connectivity index (χ3v) is 5.07. The molecule has 3 fully saturated rings. The predicted octanol–water partition coefficient (Wildman–Crippen LogP) is 0.559. The van der Waals surface area contributed by atoms with Gasteiger partial charge in [0.15, 0.2) is 0 Å². The van der Waals surface area contributed by atoms with E-state index in [2.05, 4.69) is 6.92 Å². The number of hydrogen-bond donors (Lipinski definition) is 1. The molecule has 2 heterocycles. The van der Waals surface area contributed by atoms with Crippen molar-refractivity contribution in [2.24, 2.45) is 17.8 Å². The minimum Gasteiger partial charge on any atom is -0.394 e. The smallest absolute Gasteiger partial charge is 0.233 e. The summed E-state index contributed by atoms with van der Waals surface area (Å²) in [6.45, 7) is 2.95. The third kappa shape index (κ3) is 1.82. The Morgan fingerprint density at radius 2 is 1.74 bits per heavy atom. The summed E-state index contributed by atoms with van der Waals surface area (Å²) in [5.41, 5.74) is -0.708. The van der Waals surface area contributed by atoms with Crippen LogP contribution < -0.4 is 0 Å². The van der Waals surface area contributed by atoms with Crippen LogP contribution in [-0.2, 0) is 14.3 Å². The van der Waals surface area contributed by atoms with Crippen LogP contribution in [0.5, 0.6) is 0 Å². The Morgan fingerprint density at radius 1 is 1.21 bits per heavy atom. The zero-order valence-electron chi connectivity index (χ0n) is 11.3. The van der Waals surface area contributed by atoms with Crippen molar-refractivity contribution in [3.8, 4) is 0 Å². The van der Waals surface area contributed by atoms with Gasteiger partial charge in [-0.25, -0.2) is 0 Å². The summed E-state index contributed by atoms with van der Waals surface area (Å²) in [7, 11) is 0. The van der Waals surface area contributed by atoms with E-state index in [4.69, 9.17) is 4.74 Å². The normalized spacial score (nSPS) is 37.8. The average molecular weight is 267 g/mol. The van der Waals surface area contributed by atoms with Gasteiger partial charge in [0.1, 0.15) is 0 Å². The van der Waals surface area contributed by atoms with Gasteiger partial charge in [-0.15, -0.1) is 0 Å². The van der Waals surface area contributed by atoms with Gasteiger partial charge in [0.2, 0.25) is 11.8 Å². The monoisotopic (exact) mass is 267 g/mol. The van der Waals surface area contributed by atoms with E-state index in [9.17, 15) is 14.7 Å². The minimum atomic E-state index is -0.708. The molecule has 106 valence electrons. The maximum atomic E-state index is 12.6. The molecule has 0 radical (unpaired) electrons. The lowest BCUT2D eigenvalue weighted by atomic mass is 9.88. The second-order valence-electron chi connectivity index (χ2n) is 6.30. The van der Waals surface area contributed by atoms with E-state index in [1.807, 2.05) is 0 Å². The molecule has 2 unspecified atom stereocenters. The molecule has 5 nitrogen and oxygen atoms in total. The molecule has 1 saturated carbocycles. The SMILES string of the molecule is CC1CC2C(=O)N(C3(CO)CCOCC3)C(=O)C2C1. The van der Waals surface area contributed by atoms with E-state index in [1.54, 1.807) is 0 Å². The number of hydrogen-bond acceptors (Lipinski definition) is 4. The van der Waals surface area contributed by atoms with Gasteiger partial charge >= 0.3 is 0 Å². The van der Waals surface area contributed by atoms with Crippen LogP contribution in [0.4, 0.5) is 0 Å². The third-order valence-electron chi connectivity index (χ3n) is 5.07. The number of aliphatic hydroxyl groups excluding tert-OH is 1. The highest BCUT2D eigenvalue weighted by atomic mass is 16.5. The highest BCUT2D eigenvalue weighted by Crippen LogP contribution is 2.46. The van der Waals surface area contributed by atoms with Crippen LogP contribution in [0.3, 0.4) is 0 Å². The molecular formula is C14H21NO4. The standard InChI is InChI=1S/C14H21NO4/c1-9-6-10-11(7-9)13(18)15(12(10)17)14(8-16)2-4-19-5-3-14/h9-11,16H,2-8H2,1H3. The number of rotatable bonds is 2. The molecular weight excluding hydrogens is 246 g/mol. The van der Waals surface area contributed by atoms with Gasteiger partial charge in [0, 0.05) is 13.2 Å². The molecule has 2 atom stereocenters. The summed E-state index contributed by atoms with van der Waals surface area (Å²) in [6.07, 6.45) is 2.72. The first-order chi connectivity index (χ1) is 9.09. The van der Waals surface area contributed by atoms with Crippen molar-refractivity contribution >= 4 is 11.8 Å². The Kier molecular flexibility index (Phi) is 3.14. The van der Waals surface area contributed by atoms with Gasteiger partial charge in [-0.05, 0) is 31.6 Å². The summed E-state index contributed by atoms with van der Waals surface area (Å²) >= 11 is 0. The number of carbonyl (C=O) groups is 2. The molecule has 2 aliphatic heterocycles. The zero-order valence-corrected chi connectivity index (χ0v) is 11.3. The van der Waals surface area contributed by atoms with Crippen LogP contribution in [0.25, 0.3) is 0 Å². The van der Waals surface area contributed by atoms with E-state index in [0.29, 0.717) is 32.0 Å². The molecule has 0 bridgehead atoms. The first kappa shape index (κ1) is 13.1. The summed E-state index contributed by atoms with van der Waals surface area (Å²) < 4.78 is 5.31. The number of imide groups is 1. The molecule has 0 spiro atoms. The molecule has 3 rings (SSSR count). The number of amides is 2. The summed E-state index contributed by atoms with van der Waals surface area (Å²) in [4.78, 5) is 26.5. The Labute approximate surface area is 112 Å². The van der Waals surface area contributed by atoms with E-state index in [1.165, 1.54) is 4.90 Å². The van der Waals surface area contributed by atoms with Gasteiger partial charge < -0.3 is 9.84 Å². The lowest BCUT2D eigenvalue weighted by molar-refractivity contribution is -0.155. The fourth-order valence-electron chi connectivity index (χ4n) is 3.95. The maximum absolute atomic E-state index is 12.6. The average Bonchev–Trinajstić information content (AvgIpc) is 2.90. The molecule has 2 saturated heterocycles. The molecule has 0 aromatic rings. The van der Waals surface area contributed by atoms with Crippen LogP contribution in [0.15, 0.2) is 0 Å². The molecule has 1 aliphatic carbocycles. The number of likely N-dealkylation sites (tertiary alicyclic amines) is 1. The van der Waals surface area contributed by atoms with Gasteiger partial charge in [-0.3, -0.25) is 14.5 Å². The van der Waals surface area contributed by atoms with Crippen molar-refractivity contribution in [2.45, 2.75) is 38.1 Å². The molecule has 3 aliphatic rings. The minimum absolute atomic E-state index is 0.0599. The van der Waals surface area contributed by atoms with E-state index >= 15 is 0 Å². The lowest BCUT2D eigenvalue weighted by Crippen LogP contribution is -2.57. The largest absolute Gasteiger partial charge is 0.394 e. The predicted molar refractivity (Wildman–Crippen MR) is 67.1 cm³/mol. The second-order valence-corrected chi connectivity index (χ2v) is 6.30. The summed E-state index contributed by atoms with van der Waals surface area (Å²) in [6, 6.07) is 0. The fraction of sp³-hybridized carbons (Fsp3) is 0.857. The van der Waals surface area contributed by atoms with Crippen molar-refractivity contribution in [3.05, 3.63) is 0 Å². The van der Waals surface area contributed by atoms with Crippen LogP contribution in [-0.4, -0.2) is 47.2 Å². The molecule has 19 heavy (non-hydrogen) atoms. The van der Waals surface area contributed by atoms with Crippen molar-refractivity contribution < 1.29 is 19.4 Å². The quantitative estimate of drug-likeness (QED) is 0.742. The Hall–Kier alpha value is -0.940. The van der Waals surface area contributed by atoms with Crippen LogP contribution >= 0.6 is 0 Å². The zero-order chi connectivity index (χ0) is 13.6. The highest BCUT2D eigenvalue weighted by molar-refractivity contribution is 6.06. The first-order valence-electron chi connectivity index (χ1n) is 7.15. The maximum Gasteiger partial charge on any atom is 0.233 e. The number of carbonyl (C=O) groups excluding carboxylic acids is 2. The van der Waals surface area contributed by atoms with Crippen LogP contribution in [0.2, 0.25) is 0 Å². The van der Waals surface area contributed by atoms with Crippen molar-refractivity contribution in [2.75, 3.05) is 19.8 Å². The Balaban J connectivity index is 1.89. The molecule has 2 amide bonds. The van der Waals surface area contributed by atoms with E-state index < -0.39 is 5.54 Å². The number of nitrogens with zero attached hydrogens (tertiary/aromatic N) is 1. The molecule has 0 aromatic carbocycles.